The number of hydrogen-bond acceptors (Lipinski definition) is 3. The molecule has 2 N–H and O–H groups in total. The fourth-order valence-electron chi connectivity index (χ4n) is 1.59. The number of nitrogens with one attached hydrogen (secondary N) is 2. The number of anilines is 1. The number of hydrogen-bond donors (Lipinski definition) is 2. The van der Waals surface area contributed by atoms with Crippen molar-refractivity contribution in [2.45, 2.75) is 33.2 Å². The lowest BCUT2D eigenvalue weighted by atomic mass is 10.2. The zero-order valence-corrected chi connectivity index (χ0v) is 11.5. The molecule has 0 spiro atoms. The first-order valence-corrected chi connectivity index (χ1v) is 6.21. The van der Waals surface area contributed by atoms with Crippen LogP contribution in [0.5, 0.6) is 5.75 Å². The summed E-state index contributed by atoms with van der Waals surface area (Å²) in [5.41, 5.74) is 1.84. The highest BCUT2D eigenvalue weighted by molar-refractivity contribution is 5.91. The van der Waals surface area contributed by atoms with Crippen LogP contribution >= 0.6 is 0 Å². The highest BCUT2D eigenvalue weighted by Crippen LogP contribution is 2.20. The van der Waals surface area contributed by atoms with Gasteiger partial charge in [0.2, 0.25) is 5.91 Å². The normalized spacial score (nSPS) is 10.5. The standard InChI is InChI=1S/C14H22N2O2/c1-10(2)15-8-7-14(17)16-13-6-5-12(18-4)9-11(13)3/h5-6,9-10,15H,7-8H2,1-4H3,(H,16,17). The summed E-state index contributed by atoms with van der Waals surface area (Å²) in [4.78, 5) is 11.7. The van der Waals surface area contributed by atoms with E-state index in [4.69, 9.17) is 4.74 Å². The Bertz CT molecular complexity index is 403. The van der Waals surface area contributed by atoms with Crippen LogP contribution in [0.4, 0.5) is 5.69 Å². The van der Waals surface area contributed by atoms with E-state index >= 15 is 0 Å². The summed E-state index contributed by atoms with van der Waals surface area (Å²) in [6.45, 7) is 6.76. The van der Waals surface area contributed by atoms with Crippen molar-refractivity contribution in [2.75, 3.05) is 19.0 Å². The van der Waals surface area contributed by atoms with Crippen molar-refractivity contribution in [1.82, 2.24) is 5.32 Å². The topological polar surface area (TPSA) is 50.4 Å². The first-order valence-electron chi connectivity index (χ1n) is 6.21. The molecule has 0 aliphatic heterocycles. The molecule has 100 valence electrons. The van der Waals surface area contributed by atoms with Crippen molar-refractivity contribution in [3.8, 4) is 5.75 Å². The van der Waals surface area contributed by atoms with Gasteiger partial charge in [0.15, 0.2) is 0 Å². The van der Waals surface area contributed by atoms with E-state index in [1.54, 1.807) is 7.11 Å². The van der Waals surface area contributed by atoms with Crippen LogP contribution in [0.2, 0.25) is 0 Å². The molecule has 0 aliphatic rings. The van der Waals surface area contributed by atoms with Crippen LogP contribution in [0.25, 0.3) is 0 Å². The maximum atomic E-state index is 11.7. The summed E-state index contributed by atoms with van der Waals surface area (Å²) in [6, 6.07) is 6.01. The number of aryl methyl sites for hydroxylation is 1. The third-order valence-corrected chi connectivity index (χ3v) is 2.61. The lowest BCUT2D eigenvalue weighted by molar-refractivity contribution is -0.116. The largest absolute Gasteiger partial charge is 0.497 e. The molecule has 0 saturated carbocycles. The smallest absolute Gasteiger partial charge is 0.225 e. The Morgan fingerprint density at radius 3 is 2.67 bits per heavy atom. The zero-order valence-electron chi connectivity index (χ0n) is 11.5. The summed E-state index contributed by atoms with van der Waals surface area (Å²) in [5.74, 6) is 0.823. The average molecular weight is 250 g/mol. The highest BCUT2D eigenvalue weighted by Gasteiger charge is 2.05. The Morgan fingerprint density at radius 1 is 1.39 bits per heavy atom. The van der Waals surface area contributed by atoms with Gasteiger partial charge in [-0.2, -0.15) is 0 Å². The Balaban J connectivity index is 2.49. The molecule has 18 heavy (non-hydrogen) atoms. The third-order valence-electron chi connectivity index (χ3n) is 2.61. The van der Waals surface area contributed by atoms with Gasteiger partial charge < -0.3 is 15.4 Å². The second-order valence-corrected chi connectivity index (χ2v) is 4.59. The van der Waals surface area contributed by atoms with E-state index in [0.29, 0.717) is 19.0 Å². The van der Waals surface area contributed by atoms with Gasteiger partial charge in [0.05, 0.1) is 7.11 Å². The van der Waals surface area contributed by atoms with Crippen molar-refractivity contribution in [1.29, 1.82) is 0 Å². The summed E-state index contributed by atoms with van der Waals surface area (Å²) < 4.78 is 5.12. The second-order valence-electron chi connectivity index (χ2n) is 4.59. The molecule has 0 radical (unpaired) electrons. The van der Waals surface area contributed by atoms with Gasteiger partial charge in [0.25, 0.3) is 0 Å². The van der Waals surface area contributed by atoms with E-state index in [-0.39, 0.29) is 5.91 Å². The van der Waals surface area contributed by atoms with E-state index in [0.717, 1.165) is 17.0 Å². The van der Waals surface area contributed by atoms with Crippen LogP contribution in [0, 0.1) is 6.92 Å². The van der Waals surface area contributed by atoms with Crippen LogP contribution in [0.15, 0.2) is 18.2 Å². The predicted octanol–water partition coefficient (Wildman–Crippen LogP) is 2.33. The van der Waals surface area contributed by atoms with Crippen LogP contribution in [-0.2, 0) is 4.79 Å². The molecule has 0 atom stereocenters. The Hall–Kier alpha value is -1.55. The molecule has 0 bridgehead atoms. The molecule has 0 aromatic heterocycles. The quantitative estimate of drug-likeness (QED) is 0.814. The lowest BCUT2D eigenvalue weighted by Crippen LogP contribution is -2.27. The molecule has 0 unspecified atom stereocenters. The number of ether oxygens (including phenoxy) is 1. The molecule has 1 aromatic rings. The van der Waals surface area contributed by atoms with Crippen molar-refractivity contribution in [3.63, 3.8) is 0 Å². The first kappa shape index (κ1) is 14.5. The van der Waals surface area contributed by atoms with E-state index in [2.05, 4.69) is 24.5 Å². The average Bonchev–Trinajstić information content (AvgIpc) is 2.31. The monoisotopic (exact) mass is 250 g/mol. The van der Waals surface area contributed by atoms with Gasteiger partial charge in [-0.15, -0.1) is 0 Å². The summed E-state index contributed by atoms with van der Waals surface area (Å²) in [6.07, 6.45) is 0.476. The molecule has 0 aliphatic carbocycles. The van der Waals surface area contributed by atoms with Gasteiger partial charge in [-0.1, -0.05) is 13.8 Å². The van der Waals surface area contributed by atoms with Crippen molar-refractivity contribution < 1.29 is 9.53 Å². The first-order chi connectivity index (χ1) is 8.52. The Kier molecular flexibility index (Phi) is 5.65. The van der Waals surface area contributed by atoms with Gasteiger partial charge in [0.1, 0.15) is 5.75 Å². The van der Waals surface area contributed by atoms with Crippen LogP contribution < -0.4 is 15.4 Å². The van der Waals surface area contributed by atoms with E-state index < -0.39 is 0 Å². The second kappa shape index (κ2) is 7.01. The van der Waals surface area contributed by atoms with Gasteiger partial charge >= 0.3 is 0 Å². The Morgan fingerprint density at radius 2 is 2.11 bits per heavy atom. The van der Waals surface area contributed by atoms with E-state index in [9.17, 15) is 4.79 Å². The highest BCUT2D eigenvalue weighted by atomic mass is 16.5. The number of carbonyl (C=O) groups excluding carboxylic acids is 1. The molecule has 0 fully saturated rings. The minimum atomic E-state index is 0.0245. The maximum Gasteiger partial charge on any atom is 0.225 e. The molecule has 1 amide bonds. The van der Waals surface area contributed by atoms with Gasteiger partial charge in [-0.05, 0) is 30.7 Å². The van der Waals surface area contributed by atoms with Crippen molar-refractivity contribution in [3.05, 3.63) is 23.8 Å². The predicted molar refractivity (Wildman–Crippen MR) is 74.1 cm³/mol. The van der Waals surface area contributed by atoms with Crippen LogP contribution in [0.3, 0.4) is 0 Å². The SMILES string of the molecule is COc1ccc(NC(=O)CCNC(C)C)c(C)c1. The van der Waals surface area contributed by atoms with Crippen LogP contribution in [0.1, 0.15) is 25.8 Å². The van der Waals surface area contributed by atoms with Gasteiger partial charge in [-0.3, -0.25) is 4.79 Å². The lowest BCUT2D eigenvalue weighted by Gasteiger charge is -2.11. The van der Waals surface area contributed by atoms with Crippen LogP contribution in [-0.4, -0.2) is 25.6 Å². The van der Waals surface area contributed by atoms with E-state index in [1.807, 2.05) is 25.1 Å². The summed E-state index contributed by atoms with van der Waals surface area (Å²) >= 11 is 0. The minimum absolute atomic E-state index is 0.0245. The Labute approximate surface area is 109 Å². The molecular formula is C14H22N2O2. The van der Waals surface area contributed by atoms with Gasteiger partial charge in [0, 0.05) is 24.7 Å². The summed E-state index contributed by atoms with van der Waals surface area (Å²) in [7, 11) is 1.63. The minimum Gasteiger partial charge on any atom is -0.497 e. The molecule has 0 heterocycles. The summed E-state index contributed by atoms with van der Waals surface area (Å²) in [5, 5.41) is 6.11. The van der Waals surface area contributed by atoms with E-state index in [1.165, 1.54) is 0 Å². The number of benzene rings is 1. The van der Waals surface area contributed by atoms with Crippen molar-refractivity contribution in [2.24, 2.45) is 0 Å². The third kappa shape index (κ3) is 4.75. The zero-order chi connectivity index (χ0) is 13.5. The molecule has 1 rings (SSSR count). The molecular weight excluding hydrogens is 228 g/mol. The molecule has 1 aromatic carbocycles. The number of amides is 1. The van der Waals surface area contributed by atoms with Crippen molar-refractivity contribution >= 4 is 11.6 Å². The molecule has 4 heteroatoms. The number of methoxy groups -OCH3 is 1. The van der Waals surface area contributed by atoms with Gasteiger partial charge in [-0.25, -0.2) is 0 Å². The number of rotatable bonds is 6. The molecule has 0 saturated heterocycles. The fourth-order valence-corrected chi connectivity index (χ4v) is 1.59. The fraction of sp³-hybridized carbons (Fsp3) is 0.500. The number of carbonyl (C=O) groups is 1. The molecule has 4 nitrogen and oxygen atoms in total. The maximum absolute atomic E-state index is 11.7.